The maximum Gasteiger partial charge on any atom is 0.214 e. The van der Waals surface area contributed by atoms with Crippen LogP contribution in [0.5, 0.6) is 0 Å². The first kappa shape index (κ1) is 13.0. The van der Waals surface area contributed by atoms with Crippen molar-refractivity contribution in [3.63, 3.8) is 0 Å². The first-order valence-electron chi connectivity index (χ1n) is 5.42. The second-order valence-electron chi connectivity index (χ2n) is 3.54. The summed E-state index contributed by atoms with van der Waals surface area (Å²) >= 11 is 3.47. The standard InChI is InChI=1S/C12H17BrN2O/c1-3-4-8-15(9-16)11-7-5-6-10(13)12(11)14-2/h5-7,9,14H,3-4,8H2,1-2H3. The largest absolute Gasteiger partial charge is 0.386 e. The van der Waals surface area contributed by atoms with Gasteiger partial charge in [-0.2, -0.15) is 0 Å². The maximum atomic E-state index is 11.1. The van der Waals surface area contributed by atoms with E-state index in [1.54, 1.807) is 4.90 Å². The zero-order chi connectivity index (χ0) is 12.0. The highest BCUT2D eigenvalue weighted by Crippen LogP contribution is 2.32. The van der Waals surface area contributed by atoms with Gasteiger partial charge in [-0.3, -0.25) is 4.79 Å². The number of nitrogens with zero attached hydrogens (tertiary/aromatic N) is 1. The Hall–Kier alpha value is -1.03. The summed E-state index contributed by atoms with van der Waals surface area (Å²) in [6.45, 7) is 2.87. The monoisotopic (exact) mass is 284 g/mol. The summed E-state index contributed by atoms with van der Waals surface area (Å²) < 4.78 is 0.968. The van der Waals surface area contributed by atoms with Crippen molar-refractivity contribution in [1.29, 1.82) is 0 Å². The first-order valence-corrected chi connectivity index (χ1v) is 6.22. The molecule has 1 rings (SSSR count). The molecule has 0 aromatic heterocycles. The number of carbonyl (C=O) groups excluding carboxylic acids is 1. The van der Waals surface area contributed by atoms with Crippen LogP contribution in [-0.4, -0.2) is 20.0 Å². The number of para-hydroxylation sites is 1. The molecule has 3 nitrogen and oxygen atoms in total. The van der Waals surface area contributed by atoms with E-state index >= 15 is 0 Å². The molecule has 1 amide bonds. The van der Waals surface area contributed by atoms with Gasteiger partial charge in [-0.1, -0.05) is 19.4 Å². The van der Waals surface area contributed by atoms with Gasteiger partial charge in [0, 0.05) is 18.1 Å². The highest BCUT2D eigenvalue weighted by Gasteiger charge is 2.11. The third kappa shape index (κ3) is 2.98. The molecule has 1 aromatic rings. The second kappa shape index (κ2) is 6.53. The third-order valence-electron chi connectivity index (χ3n) is 2.43. The minimum atomic E-state index is 0.755. The molecule has 0 spiro atoms. The van der Waals surface area contributed by atoms with Gasteiger partial charge in [0.1, 0.15) is 0 Å². The van der Waals surface area contributed by atoms with Gasteiger partial charge in [0.2, 0.25) is 6.41 Å². The number of benzene rings is 1. The van der Waals surface area contributed by atoms with Crippen LogP contribution in [0.3, 0.4) is 0 Å². The molecule has 1 N–H and O–H groups in total. The van der Waals surface area contributed by atoms with E-state index in [1.807, 2.05) is 25.2 Å². The van der Waals surface area contributed by atoms with E-state index in [9.17, 15) is 4.79 Å². The van der Waals surface area contributed by atoms with Crippen LogP contribution < -0.4 is 10.2 Å². The topological polar surface area (TPSA) is 32.3 Å². The van der Waals surface area contributed by atoms with Crippen LogP contribution in [0, 0.1) is 0 Å². The summed E-state index contributed by atoms with van der Waals surface area (Å²) in [6, 6.07) is 5.83. The van der Waals surface area contributed by atoms with Crippen molar-refractivity contribution in [2.45, 2.75) is 19.8 Å². The number of rotatable bonds is 6. The molecule has 0 fully saturated rings. The smallest absolute Gasteiger partial charge is 0.214 e. The van der Waals surface area contributed by atoms with Crippen molar-refractivity contribution in [3.8, 4) is 0 Å². The Labute approximate surface area is 105 Å². The van der Waals surface area contributed by atoms with E-state index < -0.39 is 0 Å². The lowest BCUT2D eigenvalue weighted by Crippen LogP contribution is -2.23. The highest BCUT2D eigenvalue weighted by atomic mass is 79.9. The molecule has 0 saturated heterocycles. The van der Waals surface area contributed by atoms with Crippen molar-refractivity contribution in [3.05, 3.63) is 22.7 Å². The highest BCUT2D eigenvalue weighted by molar-refractivity contribution is 9.10. The molecule has 0 heterocycles. The quantitative estimate of drug-likeness (QED) is 0.814. The van der Waals surface area contributed by atoms with Gasteiger partial charge in [0.25, 0.3) is 0 Å². The average molecular weight is 285 g/mol. The van der Waals surface area contributed by atoms with Crippen LogP contribution in [0.15, 0.2) is 22.7 Å². The van der Waals surface area contributed by atoms with E-state index in [1.165, 1.54) is 0 Å². The Morgan fingerprint density at radius 2 is 2.25 bits per heavy atom. The van der Waals surface area contributed by atoms with E-state index in [0.717, 1.165) is 41.6 Å². The molecule has 88 valence electrons. The van der Waals surface area contributed by atoms with Crippen LogP contribution in [0.25, 0.3) is 0 Å². The predicted octanol–water partition coefficient (Wildman–Crippen LogP) is 3.25. The Bertz CT molecular complexity index is 355. The Morgan fingerprint density at radius 1 is 1.50 bits per heavy atom. The number of nitrogens with one attached hydrogen (secondary N) is 1. The zero-order valence-corrected chi connectivity index (χ0v) is 11.3. The zero-order valence-electron chi connectivity index (χ0n) is 9.66. The van der Waals surface area contributed by atoms with Crippen molar-refractivity contribution in [1.82, 2.24) is 0 Å². The van der Waals surface area contributed by atoms with Crippen LogP contribution in [0.4, 0.5) is 11.4 Å². The fourth-order valence-electron chi connectivity index (χ4n) is 1.56. The summed E-state index contributed by atoms with van der Waals surface area (Å²) in [5.74, 6) is 0. The summed E-state index contributed by atoms with van der Waals surface area (Å²) in [5, 5.41) is 3.11. The van der Waals surface area contributed by atoms with Crippen LogP contribution in [0.1, 0.15) is 19.8 Å². The van der Waals surface area contributed by atoms with E-state index in [2.05, 4.69) is 28.2 Å². The van der Waals surface area contributed by atoms with Crippen molar-refractivity contribution < 1.29 is 4.79 Å². The lowest BCUT2D eigenvalue weighted by atomic mass is 10.2. The number of halogens is 1. The maximum absolute atomic E-state index is 11.1. The lowest BCUT2D eigenvalue weighted by Gasteiger charge is -2.21. The van der Waals surface area contributed by atoms with Gasteiger partial charge in [-0.05, 0) is 34.5 Å². The normalized spacial score (nSPS) is 9.94. The summed E-state index contributed by atoms with van der Waals surface area (Å²) in [7, 11) is 1.85. The summed E-state index contributed by atoms with van der Waals surface area (Å²) in [5.41, 5.74) is 1.87. The van der Waals surface area contributed by atoms with Crippen LogP contribution >= 0.6 is 15.9 Å². The number of hydrogen-bond acceptors (Lipinski definition) is 2. The number of amides is 1. The van der Waals surface area contributed by atoms with Gasteiger partial charge in [0.05, 0.1) is 11.4 Å². The number of hydrogen-bond donors (Lipinski definition) is 1. The van der Waals surface area contributed by atoms with Gasteiger partial charge < -0.3 is 10.2 Å². The number of anilines is 2. The minimum Gasteiger partial charge on any atom is -0.386 e. The molecule has 0 radical (unpaired) electrons. The van der Waals surface area contributed by atoms with Crippen molar-refractivity contribution in [2.75, 3.05) is 23.8 Å². The molecule has 0 bridgehead atoms. The van der Waals surface area contributed by atoms with Gasteiger partial charge in [-0.15, -0.1) is 0 Å². The van der Waals surface area contributed by atoms with Crippen LogP contribution in [-0.2, 0) is 4.79 Å². The second-order valence-corrected chi connectivity index (χ2v) is 4.39. The lowest BCUT2D eigenvalue weighted by molar-refractivity contribution is -0.107. The number of carbonyl (C=O) groups is 1. The summed E-state index contributed by atoms with van der Waals surface area (Å²) in [4.78, 5) is 12.8. The summed E-state index contributed by atoms with van der Waals surface area (Å²) in [6.07, 6.45) is 2.97. The van der Waals surface area contributed by atoms with E-state index in [4.69, 9.17) is 0 Å². The molecule has 1 aromatic carbocycles. The average Bonchev–Trinajstić information content (AvgIpc) is 2.30. The fourth-order valence-corrected chi connectivity index (χ4v) is 2.11. The molecule has 16 heavy (non-hydrogen) atoms. The molecule has 0 aliphatic heterocycles. The molecule has 0 saturated carbocycles. The minimum absolute atomic E-state index is 0.755. The predicted molar refractivity (Wildman–Crippen MR) is 72.0 cm³/mol. The van der Waals surface area contributed by atoms with Gasteiger partial charge in [0.15, 0.2) is 0 Å². The molecular formula is C12H17BrN2O. The molecule has 0 aliphatic carbocycles. The Balaban J connectivity index is 2.99. The Kier molecular flexibility index (Phi) is 5.32. The molecular weight excluding hydrogens is 268 g/mol. The van der Waals surface area contributed by atoms with Gasteiger partial charge in [-0.25, -0.2) is 0 Å². The van der Waals surface area contributed by atoms with Crippen LogP contribution in [0.2, 0.25) is 0 Å². The molecule has 4 heteroatoms. The molecule has 0 atom stereocenters. The SMILES string of the molecule is CCCCN(C=O)c1cccc(Br)c1NC. The van der Waals surface area contributed by atoms with E-state index in [0.29, 0.717) is 0 Å². The first-order chi connectivity index (χ1) is 7.74. The van der Waals surface area contributed by atoms with Crippen molar-refractivity contribution >= 4 is 33.7 Å². The molecule has 0 unspecified atom stereocenters. The van der Waals surface area contributed by atoms with Crippen molar-refractivity contribution in [2.24, 2.45) is 0 Å². The van der Waals surface area contributed by atoms with E-state index in [-0.39, 0.29) is 0 Å². The fraction of sp³-hybridized carbons (Fsp3) is 0.417. The van der Waals surface area contributed by atoms with Gasteiger partial charge >= 0.3 is 0 Å². The third-order valence-corrected chi connectivity index (χ3v) is 3.09. The Morgan fingerprint density at radius 3 is 2.81 bits per heavy atom. The molecule has 0 aliphatic rings. The number of unbranched alkanes of at least 4 members (excludes halogenated alkanes) is 1.